The average molecular weight is 232 g/mol. The number of anilines is 1. The minimum absolute atomic E-state index is 0.0513. The van der Waals surface area contributed by atoms with Crippen LogP contribution < -0.4 is 10.9 Å². The molecule has 0 aliphatic carbocycles. The number of hydrogen-bond acceptors (Lipinski definition) is 4. The van der Waals surface area contributed by atoms with E-state index in [2.05, 4.69) is 0 Å². The van der Waals surface area contributed by atoms with Crippen molar-refractivity contribution in [3.63, 3.8) is 0 Å². The standard InChI is InChI=1S/C8H12N2O2S2/c1-2-13-8-4-3-6(5-7(8)9)14(10,11)12/h3-5H,2,9H2,1H3,(H2,10,11,12). The zero-order valence-corrected chi connectivity index (χ0v) is 9.36. The first-order valence-corrected chi connectivity index (χ1v) is 6.53. The summed E-state index contributed by atoms with van der Waals surface area (Å²) in [5.74, 6) is 0.888. The molecule has 0 bridgehead atoms. The Morgan fingerprint density at radius 2 is 2.07 bits per heavy atom. The quantitative estimate of drug-likeness (QED) is 0.602. The van der Waals surface area contributed by atoms with Crippen molar-refractivity contribution in [1.29, 1.82) is 0 Å². The van der Waals surface area contributed by atoms with E-state index in [0.717, 1.165) is 10.6 Å². The van der Waals surface area contributed by atoms with E-state index in [1.54, 1.807) is 17.8 Å². The summed E-state index contributed by atoms with van der Waals surface area (Å²) in [5, 5.41) is 4.96. The van der Waals surface area contributed by atoms with Crippen LogP contribution in [0.4, 0.5) is 5.69 Å². The lowest BCUT2D eigenvalue weighted by Gasteiger charge is -2.05. The maximum Gasteiger partial charge on any atom is 0.238 e. The van der Waals surface area contributed by atoms with E-state index in [0.29, 0.717) is 5.69 Å². The van der Waals surface area contributed by atoms with E-state index in [4.69, 9.17) is 10.9 Å². The van der Waals surface area contributed by atoms with Gasteiger partial charge in [0.1, 0.15) is 0 Å². The van der Waals surface area contributed by atoms with Crippen molar-refractivity contribution >= 4 is 27.5 Å². The molecule has 0 unspecified atom stereocenters. The molecule has 0 saturated heterocycles. The van der Waals surface area contributed by atoms with Crippen LogP contribution in [-0.2, 0) is 10.0 Å². The van der Waals surface area contributed by atoms with Crippen LogP contribution in [0.2, 0.25) is 0 Å². The molecule has 0 aromatic heterocycles. The summed E-state index contributed by atoms with van der Waals surface area (Å²) in [6, 6.07) is 4.51. The molecule has 4 nitrogen and oxygen atoms in total. The Balaban J connectivity index is 3.13. The SMILES string of the molecule is CCSc1ccc(S(N)(=O)=O)cc1N. The van der Waals surface area contributed by atoms with Gasteiger partial charge in [0.15, 0.2) is 0 Å². The normalized spacial score (nSPS) is 11.6. The Hall–Kier alpha value is -0.720. The average Bonchev–Trinajstić information content (AvgIpc) is 2.07. The summed E-state index contributed by atoms with van der Waals surface area (Å²) in [5.41, 5.74) is 6.11. The predicted molar refractivity (Wildman–Crippen MR) is 58.6 cm³/mol. The first kappa shape index (κ1) is 11.4. The molecule has 1 rings (SSSR count). The Kier molecular flexibility index (Phi) is 3.41. The number of benzene rings is 1. The second-order valence-electron chi connectivity index (χ2n) is 2.68. The van der Waals surface area contributed by atoms with Gasteiger partial charge < -0.3 is 5.73 Å². The maximum absolute atomic E-state index is 11.0. The van der Waals surface area contributed by atoms with Crippen molar-refractivity contribution in [2.45, 2.75) is 16.7 Å². The number of thioether (sulfide) groups is 1. The van der Waals surface area contributed by atoms with Crippen LogP contribution in [-0.4, -0.2) is 14.2 Å². The Bertz CT molecular complexity index is 429. The fourth-order valence-corrected chi connectivity index (χ4v) is 2.24. The minimum atomic E-state index is -3.65. The molecule has 0 saturated carbocycles. The van der Waals surface area contributed by atoms with Gasteiger partial charge in [0.2, 0.25) is 10.0 Å². The van der Waals surface area contributed by atoms with Crippen molar-refractivity contribution in [1.82, 2.24) is 0 Å². The molecule has 1 aromatic carbocycles. The minimum Gasteiger partial charge on any atom is -0.398 e. The molecule has 0 radical (unpaired) electrons. The molecule has 78 valence electrons. The third-order valence-corrected chi connectivity index (χ3v) is 3.49. The Morgan fingerprint density at radius 3 is 2.50 bits per heavy atom. The van der Waals surface area contributed by atoms with Crippen molar-refractivity contribution < 1.29 is 8.42 Å². The number of nitrogen functional groups attached to an aromatic ring is 1. The lowest BCUT2D eigenvalue weighted by atomic mass is 10.3. The summed E-state index contributed by atoms with van der Waals surface area (Å²) >= 11 is 1.56. The highest BCUT2D eigenvalue weighted by Crippen LogP contribution is 2.26. The molecular formula is C8H12N2O2S2. The van der Waals surface area contributed by atoms with Gasteiger partial charge in [-0.3, -0.25) is 0 Å². The van der Waals surface area contributed by atoms with Gasteiger partial charge in [-0.15, -0.1) is 11.8 Å². The fourth-order valence-electron chi connectivity index (χ4n) is 0.990. The largest absolute Gasteiger partial charge is 0.398 e. The van der Waals surface area contributed by atoms with Gasteiger partial charge in [0.25, 0.3) is 0 Å². The van der Waals surface area contributed by atoms with E-state index in [1.807, 2.05) is 6.92 Å². The van der Waals surface area contributed by atoms with Crippen LogP contribution in [0, 0.1) is 0 Å². The third kappa shape index (κ3) is 2.63. The van der Waals surface area contributed by atoms with Crippen LogP contribution in [0.25, 0.3) is 0 Å². The third-order valence-electron chi connectivity index (χ3n) is 1.61. The molecule has 0 spiro atoms. The fraction of sp³-hybridized carbons (Fsp3) is 0.250. The number of sulfonamides is 1. The number of rotatable bonds is 3. The second-order valence-corrected chi connectivity index (χ2v) is 5.54. The smallest absolute Gasteiger partial charge is 0.238 e. The van der Waals surface area contributed by atoms with Crippen molar-refractivity contribution in [2.75, 3.05) is 11.5 Å². The molecule has 6 heteroatoms. The molecule has 0 heterocycles. The van der Waals surface area contributed by atoms with Crippen LogP contribution in [0.1, 0.15) is 6.92 Å². The summed E-state index contributed by atoms with van der Waals surface area (Å²) in [4.78, 5) is 0.926. The highest BCUT2D eigenvalue weighted by molar-refractivity contribution is 7.99. The van der Waals surface area contributed by atoms with E-state index in [9.17, 15) is 8.42 Å². The van der Waals surface area contributed by atoms with Gasteiger partial charge in [-0.1, -0.05) is 6.92 Å². The van der Waals surface area contributed by atoms with Gasteiger partial charge in [0, 0.05) is 10.6 Å². The van der Waals surface area contributed by atoms with Crippen molar-refractivity contribution in [2.24, 2.45) is 5.14 Å². The summed E-state index contributed by atoms with van der Waals surface area (Å²) < 4.78 is 21.9. The Morgan fingerprint density at radius 1 is 1.43 bits per heavy atom. The molecule has 0 aliphatic heterocycles. The molecule has 0 amide bonds. The topological polar surface area (TPSA) is 86.2 Å². The van der Waals surface area contributed by atoms with Crippen LogP contribution in [0.3, 0.4) is 0 Å². The summed E-state index contributed by atoms with van der Waals surface area (Å²) in [6.45, 7) is 2.00. The van der Waals surface area contributed by atoms with Crippen molar-refractivity contribution in [3.05, 3.63) is 18.2 Å². The molecule has 0 fully saturated rings. The lowest BCUT2D eigenvalue weighted by Crippen LogP contribution is -2.12. The van der Waals surface area contributed by atoms with Crippen LogP contribution >= 0.6 is 11.8 Å². The maximum atomic E-state index is 11.0. The molecule has 4 N–H and O–H groups in total. The summed E-state index contributed by atoms with van der Waals surface area (Å²) in [6.07, 6.45) is 0. The van der Waals surface area contributed by atoms with E-state index in [1.165, 1.54) is 12.1 Å². The van der Waals surface area contributed by atoms with Crippen LogP contribution in [0.15, 0.2) is 28.0 Å². The number of nitrogens with two attached hydrogens (primary N) is 2. The lowest BCUT2D eigenvalue weighted by molar-refractivity contribution is 0.598. The predicted octanol–water partition coefficient (Wildman–Crippen LogP) is 1.03. The van der Waals surface area contributed by atoms with E-state index < -0.39 is 10.0 Å². The van der Waals surface area contributed by atoms with Gasteiger partial charge in [-0.25, -0.2) is 13.6 Å². The zero-order chi connectivity index (χ0) is 10.8. The molecule has 1 aromatic rings. The summed E-state index contributed by atoms with van der Waals surface area (Å²) in [7, 11) is -3.65. The number of primary sulfonamides is 1. The Labute approximate surface area is 87.7 Å². The van der Waals surface area contributed by atoms with Gasteiger partial charge >= 0.3 is 0 Å². The zero-order valence-electron chi connectivity index (χ0n) is 7.73. The molecule has 14 heavy (non-hydrogen) atoms. The molecule has 0 aliphatic rings. The van der Waals surface area contributed by atoms with E-state index >= 15 is 0 Å². The van der Waals surface area contributed by atoms with E-state index in [-0.39, 0.29) is 4.90 Å². The van der Waals surface area contributed by atoms with Gasteiger partial charge in [0.05, 0.1) is 4.90 Å². The first-order chi connectivity index (χ1) is 6.45. The monoisotopic (exact) mass is 232 g/mol. The molecule has 0 atom stereocenters. The highest BCUT2D eigenvalue weighted by Gasteiger charge is 2.09. The number of hydrogen-bond donors (Lipinski definition) is 2. The van der Waals surface area contributed by atoms with Crippen LogP contribution in [0.5, 0.6) is 0 Å². The highest BCUT2D eigenvalue weighted by atomic mass is 32.2. The van der Waals surface area contributed by atoms with Gasteiger partial charge in [-0.2, -0.15) is 0 Å². The second kappa shape index (κ2) is 4.20. The van der Waals surface area contributed by atoms with Crippen molar-refractivity contribution in [3.8, 4) is 0 Å². The first-order valence-electron chi connectivity index (χ1n) is 4.00. The van der Waals surface area contributed by atoms with Gasteiger partial charge in [-0.05, 0) is 24.0 Å². The molecular weight excluding hydrogens is 220 g/mol.